The van der Waals surface area contributed by atoms with Crippen LogP contribution in [0.2, 0.25) is 0 Å². The fourth-order valence-electron chi connectivity index (χ4n) is 1.50. The quantitative estimate of drug-likeness (QED) is 0.610. The molecule has 0 saturated heterocycles. The summed E-state index contributed by atoms with van der Waals surface area (Å²) in [5.74, 6) is 0. The van der Waals surface area contributed by atoms with E-state index in [-0.39, 0.29) is 11.4 Å². The van der Waals surface area contributed by atoms with Crippen LogP contribution in [0, 0.1) is 0 Å². The number of methoxy groups -OCH3 is 1. The first kappa shape index (κ1) is 16.8. The lowest BCUT2D eigenvalue weighted by Crippen LogP contribution is -2.28. The average Bonchev–Trinajstić information content (AvgIpc) is 2.43. The zero-order valence-electron chi connectivity index (χ0n) is 11.8. The van der Waals surface area contributed by atoms with Crippen molar-refractivity contribution < 1.29 is 17.9 Å². The largest absolute Gasteiger partial charge is 0.384 e. The molecular weight excluding hydrogens is 282 g/mol. The van der Waals surface area contributed by atoms with Crippen molar-refractivity contribution in [1.82, 2.24) is 9.71 Å². The van der Waals surface area contributed by atoms with Gasteiger partial charge in [-0.1, -0.05) is 0 Å². The fraction of sp³-hybridized carbons (Fsp3) is 0.583. The molecule has 1 aromatic rings. The van der Waals surface area contributed by atoms with Crippen LogP contribution in [-0.2, 0) is 19.5 Å². The molecule has 0 fully saturated rings. The number of sulfonamides is 1. The second kappa shape index (κ2) is 8.85. The summed E-state index contributed by atoms with van der Waals surface area (Å²) in [7, 11) is -2.01. The number of nitrogens with one attached hydrogen (secondary N) is 2. The molecule has 1 aromatic heterocycles. The predicted octanol–water partition coefficient (Wildman–Crippen LogP) is 0.455. The Kier molecular flexibility index (Phi) is 7.45. The summed E-state index contributed by atoms with van der Waals surface area (Å²) in [6.07, 6.45) is 2.87. The topological polar surface area (TPSA) is 89.6 Å². The van der Waals surface area contributed by atoms with Gasteiger partial charge in [0.2, 0.25) is 10.0 Å². The molecule has 0 aliphatic heterocycles. The van der Waals surface area contributed by atoms with Crippen LogP contribution in [0.5, 0.6) is 0 Å². The van der Waals surface area contributed by atoms with Gasteiger partial charge in [-0.15, -0.1) is 0 Å². The lowest BCUT2D eigenvalue weighted by atomic mass is 10.4. The van der Waals surface area contributed by atoms with E-state index in [9.17, 15) is 8.42 Å². The summed E-state index contributed by atoms with van der Waals surface area (Å²) >= 11 is 0. The van der Waals surface area contributed by atoms with Crippen molar-refractivity contribution in [2.75, 3.05) is 45.3 Å². The maximum absolute atomic E-state index is 12.1. The van der Waals surface area contributed by atoms with Gasteiger partial charge in [-0.05, 0) is 13.0 Å². The van der Waals surface area contributed by atoms with E-state index in [1.165, 1.54) is 6.20 Å². The molecule has 2 N–H and O–H groups in total. The minimum absolute atomic E-state index is 0.138. The van der Waals surface area contributed by atoms with Gasteiger partial charge in [-0.25, -0.2) is 13.1 Å². The van der Waals surface area contributed by atoms with Gasteiger partial charge in [0.1, 0.15) is 4.90 Å². The smallest absolute Gasteiger partial charge is 0.244 e. The van der Waals surface area contributed by atoms with E-state index in [2.05, 4.69) is 15.0 Å². The molecule has 0 aromatic carbocycles. The van der Waals surface area contributed by atoms with Crippen LogP contribution >= 0.6 is 0 Å². The number of rotatable bonds is 10. The zero-order valence-corrected chi connectivity index (χ0v) is 12.6. The molecule has 7 nitrogen and oxygen atoms in total. The Morgan fingerprint density at radius 1 is 1.30 bits per heavy atom. The molecule has 0 saturated carbocycles. The number of hydrogen-bond donors (Lipinski definition) is 2. The molecule has 20 heavy (non-hydrogen) atoms. The molecule has 0 atom stereocenters. The predicted molar refractivity (Wildman–Crippen MR) is 76.3 cm³/mol. The number of ether oxygens (including phenoxy) is 2. The Labute approximate surface area is 119 Å². The van der Waals surface area contributed by atoms with E-state index in [0.29, 0.717) is 32.1 Å². The summed E-state index contributed by atoms with van der Waals surface area (Å²) in [4.78, 5) is 3.99. The van der Waals surface area contributed by atoms with E-state index in [0.717, 1.165) is 0 Å². The highest BCUT2D eigenvalue weighted by atomic mass is 32.2. The number of pyridine rings is 1. The van der Waals surface area contributed by atoms with E-state index in [1.807, 2.05) is 6.92 Å². The van der Waals surface area contributed by atoms with Crippen molar-refractivity contribution in [2.45, 2.75) is 11.8 Å². The Hall–Kier alpha value is -1.22. The molecule has 1 rings (SSSR count). The second-order valence-corrected chi connectivity index (χ2v) is 5.64. The van der Waals surface area contributed by atoms with Crippen LogP contribution in [-0.4, -0.2) is 53.4 Å². The molecule has 0 spiro atoms. The third-order valence-corrected chi connectivity index (χ3v) is 3.90. The Morgan fingerprint density at radius 3 is 2.80 bits per heavy atom. The second-order valence-electron chi connectivity index (χ2n) is 3.91. The Morgan fingerprint density at radius 2 is 2.10 bits per heavy atom. The maximum Gasteiger partial charge on any atom is 0.244 e. The first-order chi connectivity index (χ1) is 9.61. The normalized spacial score (nSPS) is 11.5. The van der Waals surface area contributed by atoms with Crippen molar-refractivity contribution in [2.24, 2.45) is 0 Å². The molecule has 0 amide bonds. The molecule has 8 heteroatoms. The van der Waals surface area contributed by atoms with Crippen LogP contribution < -0.4 is 10.0 Å². The number of aromatic nitrogens is 1. The standard InChI is InChI=1S/C12H21N3O4S/c1-3-14-11-4-5-13-10-12(11)20(16,17)15-6-7-19-9-8-18-2/h4-5,10,15H,3,6-9H2,1-2H3,(H,13,14). The summed E-state index contributed by atoms with van der Waals surface area (Å²) < 4.78 is 36.8. The maximum atomic E-state index is 12.1. The lowest BCUT2D eigenvalue weighted by Gasteiger charge is -2.11. The minimum atomic E-state index is -3.59. The van der Waals surface area contributed by atoms with E-state index in [4.69, 9.17) is 9.47 Å². The fourth-order valence-corrected chi connectivity index (χ4v) is 2.64. The summed E-state index contributed by atoms with van der Waals surface area (Å²) in [5, 5.41) is 2.99. The first-order valence-corrected chi connectivity index (χ1v) is 7.84. The number of anilines is 1. The van der Waals surface area contributed by atoms with Gasteiger partial charge in [-0.3, -0.25) is 4.98 Å². The SMILES string of the molecule is CCNc1ccncc1S(=O)(=O)NCCOCCOC. The van der Waals surface area contributed by atoms with Crippen molar-refractivity contribution in [1.29, 1.82) is 0 Å². The van der Waals surface area contributed by atoms with Gasteiger partial charge < -0.3 is 14.8 Å². The van der Waals surface area contributed by atoms with Crippen LogP contribution in [0.25, 0.3) is 0 Å². The summed E-state index contributed by atoms with van der Waals surface area (Å²) in [6, 6.07) is 1.63. The highest BCUT2D eigenvalue weighted by Gasteiger charge is 2.17. The molecule has 0 bridgehead atoms. The van der Waals surface area contributed by atoms with Crippen molar-refractivity contribution >= 4 is 15.7 Å². The van der Waals surface area contributed by atoms with Crippen molar-refractivity contribution in [3.05, 3.63) is 18.5 Å². The van der Waals surface area contributed by atoms with E-state index in [1.54, 1.807) is 19.4 Å². The van der Waals surface area contributed by atoms with Gasteiger partial charge >= 0.3 is 0 Å². The molecule has 0 aliphatic carbocycles. The Balaban J connectivity index is 2.56. The van der Waals surface area contributed by atoms with E-state index >= 15 is 0 Å². The van der Waals surface area contributed by atoms with Crippen LogP contribution in [0.1, 0.15) is 6.92 Å². The van der Waals surface area contributed by atoms with Gasteiger partial charge in [0, 0.05) is 32.6 Å². The van der Waals surface area contributed by atoms with Crippen LogP contribution in [0.15, 0.2) is 23.4 Å². The van der Waals surface area contributed by atoms with Gasteiger partial charge in [0.15, 0.2) is 0 Å². The van der Waals surface area contributed by atoms with Gasteiger partial charge in [-0.2, -0.15) is 0 Å². The lowest BCUT2D eigenvalue weighted by molar-refractivity contribution is 0.0736. The summed E-state index contributed by atoms with van der Waals surface area (Å²) in [6.45, 7) is 3.94. The molecule has 1 heterocycles. The van der Waals surface area contributed by atoms with Gasteiger partial charge in [0.25, 0.3) is 0 Å². The zero-order chi connectivity index (χ0) is 14.8. The third-order valence-electron chi connectivity index (χ3n) is 2.41. The first-order valence-electron chi connectivity index (χ1n) is 6.36. The third kappa shape index (κ3) is 5.41. The Bertz CT molecular complexity index is 493. The molecule has 0 aliphatic rings. The highest BCUT2D eigenvalue weighted by Crippen LogP contribution is 2.18. The minimum Gasteiger partial charge on any atom is -0.384 e. The monoisotopic (exact) mass is 303 g/mol. The van der Waals surface area contributed by atoms with Crippen LogP contribution in [0.4, 0.5) is 5.69 Å². The van der Waals surface area contributed by atoms with E-state index < -0.39 is 10.0 Å². The average molecular weight is 303 g/mol. The number of nitrogens with zero attached hydrogens (tertiary/aromatic N) is 1. The van der Waals surface area contributed by atoms with Crippen molar-refractivity contribution in [3.63, 3.8) is 0 Å². The molecule has 0 radical (unpaired) electrons. The highest BCUT2D eigenvalue weighted by molar-refractivity contribution is 7.89. The van der Waals surface area contributed by atoms with Gasteiger partial charge in [0.05, 0.1) is 25.5 Å². The molecule has 114 valence electrons. The number of hydrogen-bond acceptors (Lipinski definition) is 6. The van der Waals surface area contributed by atoms with Crippen LogP contribution in [0.3, 0.4) is 0 Å². The van der Waals surface area contributed by atoms with Crippen molar-refractivity contribution in [3.8, 4) is 0 Å². The molecule has 0 unspecified atom stereocenters. The molecular formula is C12H21N3O4S. The summed E-state index contributed by atoms with van der Waals surface area (Å²) in [5.41, 5.74) is 0.537.